The van der Waals surface area contributed by atoms with E-state index in [2.05, 4.69) is 0 Å². The molecule has 2 nitrogen and oxygen atoms in total. The number of hydrogen-bond donors (Lipinski definition) is 0. The third kappa shape index (κ3) is 0.801. The molecular formula is C8H10O2. The molecule has 54 valence electrons. The van der Waals surface area contributed by atoms with Gasteiger partial charge in [-0.25, -0.2) is 0 Å². The van der Waals surface area contributed by atoms with Crippen molar-refractivity contribution in [3.8, 4) is 0 Å². The van der Waals surface area contributed by atoms with Crippen molar-refractivity contribution in [2.75, 3.05) is 0 Å². The maximum atomic E-state index is 11.1. The predicted molar refractivity (Wildman–Crippen MR) is 37.6 cm³/mol. The Morgan fingerprint density at radius 2 is 2.20 bits per heavy atom. The van der Waals surface area contributed by atoms with Crippen LogP contribution in [0.5, 0.6) is 0 Å². The zero-order chi connectivity index (χ0) is 7.78. The highest BCUT2D eigenvalue weighted by atomic mass is 16.1. The van der Waals surface area contributed by atoms with Gasteiger partial charge in [0.25, 0.3) is 0 Å². The van der Waals surface area contributed by atoms with Crippen molar-refractivity contribution in [2.24, 2.45) is 5.41 Å². The van der Waals surface area contributed by atoms with Crippen LogP contribution in [0.25, 0.3) is 0 Å². The molecule has 0 spiro atoms. The number of aldehydes is 1. The molecule has 1 aliphatic carbocycles. The molecule has 0 aromatic heterocycles. The lowest BCUT2D eigenvalue weighted by molar-refractivity contribution is -0.124. The lowest BCUT2D eigenvalue weighted by Gasteiger charge is -2.15. The molecule has 0 atom stereocenters. The number of rotatable bonds is 1. The smallest absolute Gasteiger partial charge is 0.146 e. The first kappa shape index (κ1) is 7.19. The van der Waals surface area contributed by atoms with Gasteiger partial charge in [-0.15, -0.1) is 0 Å². The standard InChI is InChI=1S/C8H10O2/c1-8(2)6(5-9)3-4-7(8)10/h3,5H,4H2,1-2H3. The summed E-state index contributed by atoms with van der Waals surface area (Å²) < 4.78 is 0. The summed E-state index contributed by atoms with van der Waals surface area (Å²) in [6, 6.07) is 0. The van der Waals surface area contributed by atoms with Crippen molar-refractivity contribution < 1.29 is 9.59 Å². The normalized spacial score (nSPS) is 22.6. The second kappa shape index (κ2) is 2.04. The Hall–Kier alpha value is -0.920. The van der Waals surface area contributed by atoms with Crippen LogP contribution in [0.15, 0.2) is 11.6 Å². The lowest BCUT2D eigenvalue weighted by atomic mass is 9.85. The van der Waals surface area contributed by atoms with E-state index in [0.717, 1.165) is 6.29 Å². The van der Waals surface area contributed by atoms with Gasteiger partial charge < -0.3 is 0 Å². The fourth-order valence-electron chi connectivity index (χ4n) is 1.07. The average Bonchev–Trinajstić information content (AvgIpc) is 2.10. The Morgan fingerprint density at radius 1 is 1.60 bits per heavy atom. The predicted octanol–water partition coefficient (Wildman–Crippen LogP) is 1.11. The van der Waals surface area contributed by atoms with Crippen LogP contribution >= 0.6 is 0 Å². The molecule has 0 bridgehead atoms. The maximum absolute atomic E-state index is 11.1. The Balaban J connectivity index is 2.98. The van der Waals surface area contributed by atoms with E-state index in [-0.39, 0.29) is 5.78 Å². The summed E-state index contributed by atoms with van der Waals surface area (Å²) in [6.07, 6.45) is 2.89. The SMILES string of the molecule is CC1(C)C(=O)CC=C1C=O. The summed E-state index contributed by atoms with van der Waals surface area (Å²) in [7, 11) is 0. The zero-order valence-electron chi connectivity index (χ0n) is 6.18. The number of carbonyl (C=O) groups is 2. The van der Waals surface area contributed by atoms with Crippen LogP contribution in [0.3, 0.4) is 0 Å². The second-order valence-electron chi connectivity index (χ2n) is 3.03. The second-order valence-corrected chi connectivity index (χ2v) is 3.03. The van der Waals surface area contributed by atoms with Crippen molar-refractivity contribution in [1.82, 2.24) is 0 Å². The van der Waals surface area contributed by atoms with Crippen molar-refractivity contribution in [1.29, 1.82) is 0 Å². The van der Waals surface area contributed by atoms with Crippen molar-refractivity contribution in [3.05, 3.63) is 11.6 Å². The molecule has 10 heavy (non-hydrogen) atoms. The summed E-state index contributed by atoms with van der Waals surface area (Å²) in [5, 5.41) is 0. The summed E-state index contributed by atoms with van der Waals surface area (Å²) >= 11 is 0. The van der Waals surface area contributed by atoms with E-state index >= 15 is 0 Å². The molecule has 0 aromatic rings. The third-order valence-electron chi connectivity index (χ3n) is 2.05. The molecule has 0 aliphatic heterocycles. The van der Waals surface area contributed by atoms with Crippen LogP contribution in [-0.2, 0) is 9.59 Å². The molecule has 0 aromatic carbocycles. The monoisotopic (exact) mass is 138 g/mol. The number of ketones is 1. The fraction of sp³-hybridized carbons (Fsp3) is 0.500. The highest BCUT2D eigenvalue weighted by Crippen LogP contribution is 2.33. The molecule has 1 aliphatic rings. The van der Waals surface area contributed by atoms with E-state index in [9.17, 15) is 9.59 Å². The van der Waals surface area contributed by atoms with Gasteiger partial charge >= 0.3 is 0 Å². The van der Waals surface area contributed by atoms with Crippen LogP contribution in [0, 0.1) is 5.41 Å². The van der Waals surface area contributed by atoms with Gasteiger partial charge in [0.2, 0.25) is 0 Å². The first-order valence-corrected chi connectivity index (χ1v) is 3.28. The van der Waals surface area contributed by atoms with Crippen LogP contribution in [0.1, 0.15) is 20.3 Å². The highest BCUT2D eigenvalue weighted by Gasteiger charge is 2.35. The fourth-order valence-corrected chi connectivity index (χ4v) is 1.07. The average molecular weight is 138 g/mol. The lowest BCUT2D eigenvalue weighted by Crippen LogP contribution is -2.21. The van der Waals surface area contributed by atoms with E-state index in [1.165, 1.54) is 0 Å². The van der Waals surface area contributed by atoms with Crippen molar-refractivity contribution >= 4 is 12.1 Å². The Kier molecular flexibility index (Phi) is 1.47. The number of carbonyl (C=O) groups excluding carboxylic acids is 2. The Labute approximate surface area is 59.9 Å². The maximum Gasteiger partial charge on any atom is 0.146 e. The highest BCUT2D eigenvalue weighted by molar-refractivity contribution is 5.99. The van der Waals surface area contributed by atoms with Gasteiger partial charge in [-0.1, -0.05) is 6.08 Å². The van der Waals surface area contributed by atoms with Crippen LogP contribution in [0.4, 0.5) is 0 Å². The van der Waals surface area contributed by atoms with E-state index in [1.807, 2.05) is 0 Å². The van der Waals surface area contributed by atoms with Gasteiger partial charge in [0.05, 0.1) is 5.41 Å². The first-order chi connectivity index (χ1) is 4.59. The van der Waals surface area contributed by atoms with Crippen molar-refractivity contribution in [2.45, 2.75) is 20.3 Å². The molecule has 0 fully saturated rings. The largest absolute Gasteiger partial charge is 0.298 e. The van der Waals surface area contributed by atoms with Gasteiger partial charge in [-0.2, -0.15) is 0 Å². The minimum Gasteiger partial charge on any atom is -0.298 e. The third-order valence-corrected chi connectivity index (χ3v) is 2.05. The molecule has 0 heterocycles. The number of Topliss-reactive ketones (excluding diaryl/α,β-unsaturated/α-hetero) is 1. The Morgan fingerprint density at radius 3 is 2.40 bits per heavy atom. The van der Waals surface area contributed by atoms with Gasteiger partial charge in [0.1, 0.15) is 12.1 Å². The molecule has 1 rings (SSSR count). The summed E-state index contributed by atoms with van der Waals surface area (Å²) in [6.45, 7) is 3.56. The van der Waals surface area contributed by atoms with Gasteiger partial charge in [0, 0.05) is 12.0 Å². The molecule has 0 unspecified atom stereocenters. The summed E-state index contributed by atoms with van der Waals surface area (Å²) in [5.41, 5.74) is 0.0966. The minimum absolute atomic E-state index is 0.134. The van der Waals surface area contributed by atoms with E-state index in [0.29, 0.717) is 12.0 Å². The molecule has 0 radical (unpaired) electrons. The number of hydrogen-bond acceptors (Lipinski definition) is 2. The van der Waals surface area contributed by atoms with Crippen molar-refractivity contribution in [3.63, 3.8) is 0 Å². The summed E-state index contributed by atoms with van der Waals surface area (Å²) in [5.74, 6) is 0.134. The molecule has 0 N–H and O–H groups in total. The summed E-state index contributed by atoms with van der Waals surface area (Å²) in [4.78, 5) is 21.4. The molecule has 2 heteroatoms. The van der Waals surface area contributed by atoms with Gasteiger partial charge in [0.15, 0.2) is 0 Å². The number of allylic oxidation sites excluding steroid dienone is 2. The van der Waals surface area contributed by atoms with Crippen LogP contribution in [0.2, 0.25) is 0 Å². The molecular weight excluding hydrogens is 128 g/mol. The van der Waals surface area contributed by atoms with Gasteiger partial charge in [-0.05, 0) is 13.8 Å². The van der Waals surface area contributed by atoms with E-state index < -0.39 is 5.41 Å². The van der Waals surface area contributed by atoms with E-state index in [4.69, 9.17) is 0 Å². The quantitative estimate of drug-likeness (QED) is 0.508. The van der Waals surface area contributed by atoms with Crippen LogP contribution < -0.4 is 0 Å². The van der Waals surface area contributed by atoms with Crippen LogP contribution in [-0.4, -0.2) is 12.1 Å². The molecule has 0 saturated heterocycles. The minimum atomic E-state index is -0.526. The first-order valence-electron chi connectivity index (χ1n) is 3.28. The van der Waals surface area contributed by atoms with Gasteiger partial charge in [-0.3, -0.25) is 9.59 Å². The Bertz CT molecular complexity index is 211. The topological polar surface area (TPSA) is 34.1 Å². The molecule has 0 saturated carbocycles. The molecule has 0 amide bonds. The van der Waals surface area contributed by atoms with E-state index in [1.54, 1.807) is 19.9 Å². The zero-order valence-corrected chi connectivity index (χ0v) is 6.18.